The molecule has 1 rings (SSSR count). The molecule has 2 amide bonds. The van der Waals surface area contributed by atoms with Gasteiger partial charge in [-0.05, 0) is 33.6 Å². The minimum atomic E-state index is -0.562. The van der Waals surface area contributed by atoms with Gasteiger partial charge in [0, 0.05) is 12.5 Å². The maximum atomic E-state index is 11.6. The zero-order valence-corrected chi connectivity index (χ0v) is 11.1. The molecular weight excluding hydrogens is 232 g/mol. The number of amides is 2. The van der Waals surface area contributed by atoms with Crippen LogP contribution in [0.2, 0.25) is 0 Å². The van der Waals surface area contributed by atoms with Crippen molar-refractivity contribution < 1.29 is 14.3 Å². The largest absolute Gasteiger partial charge is 0.444 e. The van der Waals surface area contributed by atoms with Gasteiger partial charge in [-0.3, -0.25) is 4.79 Å². The fraction of sp³-hybridized carbons (Fsp3) is 0.692. The molecule has 0 aromatic carbocycles. The van der Waals surface area contributed by atoms with E-state index in [4.69, 9.17) is 11.2 Å². The van der Waals surface area contributed by atoms with Crippen molar-refractivity contribution in [3.63, 3.8) is 0 Å². The first kappa shape index (κ1) is 14.4. The molecule has 5 nitrogen and oxygen atoms in total. The lowest BCUT2D eigenvalue weighted by Crippen LogP contribution is -2.40. The Morgan fingerprint density at radius 3 is 2.78 bits per heavy atom. The van der Waals surface area contributed by atoms with Crippen molar-refractivity contribution in [2.45, 2.75) is 45.3 Å². The van der Waals surface area contributed by atoms with Crippen LogP contribution in [-0.2, 0) is 9.53 Å². The Morgan fingerprint density at radius 2 is 2.33 bits per heavy atom. The number of carbonyl (C=O) groups is 2. The highest BCUT2D eigenvalue weighted by Gasteiger charge is 2.28. The van der Waals surface area contributed by atoms with Crippen LogP contribution in [0.3, 0.4) is 0 Å². The molecule has 0 bridgehead atoms. The van der Waals surface area contributed by atoms with E-state index in [1.165, 1.54) is 0 Å². The van der Waals surface area contributed by atoms with Crippen LogP contribution in [0.15, 0.2) is 0 Å². The Hall–Kier alpha value is -1.70. The molecule has 1 fully saturated rings. The molecule has 0 aromatic rings. The van der Waals surface area contributed by atoms with Gasteiger partial charge in [0.25, 0.3) is 0 Å². The molecule has 100 valence electrons. The number of nitrogens with one attached hydrogen (secondary N) is 2. The molecule has 1 aliphatic heterocycles. The summed E-state index contributed by atoms with van der Waals surface area (Å²) in [5, 5.41) is 5.33. The first-order valence-corrected chi connectivity index (χ1v) is 6.05. The molecule has 2 atom stereocenters. The zero-order valence-electron chi connectivity index (χ0n) is 11.1. The highest BCUT2D eigenvalue weighted by molar-refractivity contribution is 5.80. The quantitative estimate of drug-likeness (QED) is 0.737. The zero-order chi connectivity index (χ0) is 13.8. The second-order valence-corrected chi connectivity index (χ2v) is 5.38. The first-order chi connectivity index (χ1) is 8.31. The molecule has 1 aliphatic rings. The van der Waals surface area contributed by atoms with Crippen molar-refractivity contribution in [3.8, 4) is 12.3 Å². The van der Waals surface area contributed by atoms with E-state index in [9.17, 15) is 9.59 Å². The van der Waals surface area contributed by atoms with Crippen LogP contribution in [0.4, 0.5) is 4.79 Å². The van der Waals surface area contributed by atoms with Gasteiger partial charge in [-0.25, -0.2) is 4.79 Å². The molecule has 0 aromatic heterocycles. The summed E-state index contributed by atoms with van der Waals surface area (Å²) in [4.78, 5) is 23.0. The summed E-state index contributed by atoms with van der Waals surface area (Å²) < 4.78 is 5.12. The van der Waals surface area contributed by atoms with Gasteiger partial charge >= 0.3 is 6.09 Å². The summed E-state index contributed by atoms with van der Waals surface area (Å²) in [5.41, 5.74) is -0.562. The van der Waals surface area contributed by atoms with Gasteiger partial charge < -0.3 is 15.4 Å². The summed E-state index contributed by atoms with van der Waals surface area (Å²) in [7, 11) is 0. The maximum absolute atomic E-state index is 11.6. The van der Waals surface area contributed by atoms with Crippen molar-refractivity contribution in [2.75, 3.05) is 6.54 Å². The highest BCUT2D eigenvalue weighted by atomic mass is 16.6. The highest BCUT2D eigenvalue weighted by Crippen LogP contribution is 2.16. The predicted molar refractivity (Wildman–Crippen MR) is 67.7 cm³/mol. The van der Waals surface area contributed by atoms with E-state index in [2.05, 4.69) is 16.6 Å². The number of alkyl carbamates (subject to hydrolysis) is 1. The minimum absolute atomic E-state index is 0.00115. The third-order valence-corrected chi connectivity index (χ3v) is 2.58. The van der Waals surface area contributed by atoms with E-state index < -0.39 is 17.7 Å². The fourth-order valence-electron chi connectivity index (χ4n) is 1.77. The lowest BCUT2D eigenvalue weighted by atomic mass is 9.99. The van der Waals surface area contributed by atoms with Crippen molar-refractivity contribution in [2.24, 2.45) is 5.92 Å². The normalized spacial score (nSPS) is 20.8. The van der Waals surface area contributed by atoms with Crippen LogP contribution in [0, 0.1) is 18.3 Å². The van der Waals surface area contributed by atoms with Crippen LogP contribution >= 0.6 is 0 Å². The van der Waals surface area contributed by atoms with Gasteiger partial charge in [0.15, 0.2) is 0 Å². The summed E-state index contributed by atoms with van der Waals surface area (Å²) in [6, 6.07) is -0.478. The smallest absolute Gasteiger partial charge is 0.408 e. The average Bonchev–Trinajstić information content (AvgIpc) is 2.60. The molecule has 0 spiro atoms. The van der Waals surface area contributed by atoms with E-state index >= 15 is 0 Å². The Balaban J connectivity index is 2.45. The molecule has 0 saturated carbocycles. The number of carbonyl (C=O) groups excluding carboxylic acids is 2. The summed E-state index contributed by atoms with van der Waals surface area (Å²) >= 11 is 0. The third kappa shape index (κ3) is 4.66. The second kappa shape index (κ2) is 5.76. The van der Waals surface area contributed by atoms with E-state index in [0.717, 1.165) is 6.42 Å². The van der Waals surface area contributed by atoms with Crippen molar-refractivity contribution in [1.29, 1.82) is 0 Å². The Labute approximate surface area is 108 Å². The van der Waals surface area contributed by atoms with Crippen molar-refractivity contribution >= 4 is 12.0 Å². The van der Waals surface area contributed by atoms with Crippen LogP contribution in [0.25, 0.3) is 0 Å². The van der Waals surface area contributed by atoms with Crippen LogP contribution < -0.4 is 10.6 Å². The summed E-state index contributed by atoms with van der Waals surface area (Å²) in [5.74, 6) is 2.35. The molecule has 18 heavy (non-hydrogen) atoms. The van der Waals surface area contributed by atoms with E-state index in [1.807, 2.05) is 0 Å². The van der Waals surface area contributed by atoms with Gasteiger partial charge in [-0.15, -0.1) is 6.42 Å². The summed E-state index contributed by atoms with van der Waals surface area (Å²) in [6.07, 6.45) is 6.01. The van der Waals surface area contributed by atoms with Crippen LogP contribution in [0.5, 0.6) is 0 Å². The molecule has 0 unspecified atom stereocenters. The van der Waals surface area contributed by atoms with Gasteiger partial charge in [-0.2, -0.15) is 0 Å². The molecular formula is C13H20N2O3. The van der Waals surface area contributed by atoms with Gasteiger partial charge in [0.2, 0.25) is 5.91 Å². The lowest BCUT2D eigenvalue weighted by molar-refractivity contribution is -0.122. The topological polar surface area (TPSA) is 67.4 Å². The monoisotopic (exact) mass is 252 g/mol. The fourth-order valence-corrected chi connectivity index (χ4v) is 1.77. The second-order valence-electron chi connectivity index (χ2n) is 5.38. The number of hydrogen-bond donors (Lipinski definition) is 2. The van der Waals surface area contributed by atoms with Crippen molar-refractivity contribution in [3.05, 3.63) is 0 Å². The van der Waals surface area contributed by atoms with Gasteiger partial charge in [-0.1, -0.05) is 5.92 Å². The predicted octanol–water partition coefficient (Wildman–Crippen LogP) is 1.04. The lowest BCUT2D eigenvalue weighted by Gasteiger charge is -2.22. The number of rotatable bonds is 3. The minimum Gasteiger partial charge on any atom is -0.444 e. The Morgan fingerprint density at radius 1 is 1.67 bits per heavy atom. The van der Waals surface area contributed by atoms with E-state index in [-0.39, 0.29) is 11.8 Å². The van der Waals surface area contributed by atoms with E-state index in [0.29, 0.717) is 13.0 Å². The average molecular weight is 252 g/mol. The van der Waals surface area contributed by atoms with Gasteiger partial charge in [0.1, 0.15) is 5.60 Å². The molecule has 0 radical (unpaired) electrons. The molecule has 1 saturated heterocycles. The van der Waals surface area contributed by atoms with Crippen LogP contribution in [0.1, 0.15) is 33.6 Å². The maximum Gasteiger partial charge on any atom is 0.408 e. The number of hydrogen-bond acceptors (Lipinski definition) is 3. The van der Waals surface area contributed by atoms with Crippen LogP contribution in [-0.4, -0.2) is 30.2 Å². The molecule has 5 heteroatoms. The van der Waals surface area contributed by atoms with E-state index in [1.54, 1.807) is 20.8 Å². The first-order valence-electron chi connectivity index (χ1n) is 6.05. The summed E-state index contributed by atoms with van der Waals surface area (Å²) in [6.45, 7) is 6.01. The number of terminal acetylenes is 1. The molecule has 0 aliphatic carbocycles. The van der Waals surface area contributed by atoms with Crippen molar-refractivity contribution in [1.82, 2.24) is 10.6 Å². The third-order valence-electron chi connectivity index (χ3n) is 2.58. The molecule has 1 heterocycles. The molecule has 2 N–H and O–H groups in total. The number of ether oxygens (including phenoxy) is 1. The SMILES string of the molecule is C#C[C@H](C[C@@H]1CCNC1=O)NC(=O)OC(C)(C)C. The van der Waals surface area contributed by atoms with Gasteiger partial charge in [0.05, 0.1) is 6.04 Å². The Kier molecular flexibility index (Phi) is 4.60. The standard InChI is InChI=1S/C13H20N2O3/c1-5-10(8-9-6-7-14-11(9)16)15-12(17)18-13(2,3)4/h1,9-10H,6-8H2,2-4H3,(H,14,16)(H,15,17)/t9-,10+/m0/s1. The Bertz CT molecular complexity index is 365.